The lowest BCUT2D eigenvalue weighted by Gasteiger charge is -2.18. The maximum atomic E-state index is 12.8. The topological polar surface area (TPSA) is 89.9 Å². The molecule has 0 aliphatic carbocycles. The smallest absolute Gasteiger partial charge is 0.267 e. The lowest BCUT2D eigenvalue weighted by atomic mass is 10.1. The number of aromatic nitrogens is 1. The molecule has 0 atom stereocenters. The molecule has 0 aliphatic rings. The van der Waals surface area contributed by atoms with Gasteiger partial charge in [0, 0.05) is 37.6 Å². The van der Waals surface area contributed by atoms with Crippen LogP contribution in [0, 0.1) is 0 Å². The van der Waals surface area contributed by atoms with Gasteiger partial charge in [-0.3, -0.25) is 4.79 Å². The molecule has 33 heavy (non-hydrogen) atoms. The summed E-state index contributed by atoms with van der Waals surface area (Å²) in [7, 11) is 1.40. The number of benzene rings is 2. The van der Waals surface area contributed by atoms with Crippen molar-refractivity contribution in [3.63, 3.8) is 0 Å². The Morgan fingerprint density at radius 3 is 2.33 bits per heavy atom. The van der Waals surface area contributed by atoms with Crippen LogP contribution >= 0.6 is 0 Å². The van der Waals surface area contributed by atoms with E-state index in [1.165, 1.54) is 4.31 Å². The van der Waals surface area contributed by atoms with Crippen molar-refractivity contribution in [2.24, 2.45) is 7.05 Å². The number of rotatable bonds is 10. The summed E-state index contributed by atoms with van der Waals surface area (Å²) >= 11 is 0. The molecule has 0 unspecified atom stereocenters. The van der Waals surface area contributed by atoms with Crippen LogP contribution in [-0.2, 0) is 23.5 Å². The summed E-state index contributed by atoms with van der Waals surface area (Å²) in [5.41, 5.74) is 2.27. The van der Waals surface area contributed by atoms with Gasteiger partial charge in [-0.05, 0) is 48.4 Å². The number of carbonyl (C=O) groups excluding carboxylic acids is 1. The van der Waals surface area contributed by atoms with Gasteiger partial charge in [-0.2, -0.15) is 4.31 Å². The number of carbonyl (C=O) groups is 1. The Morgan fingerprint density at radius 1 is 1.00 bits per heavy atom. The van der Waals surface area contributed by atoms with Gasteiger partial charge in [-0.25, -0.2) is 8.42 Å². The molecule has 0 aliphatic heterocycles. The number of amides is 1. The molecular formula is C24H31N3O5S. The number of hydrogen-bond acceptors (Lipinski definition) is 5. The van der Waals surface area contributed by atoms with E-state index in [1.807, 2.05) is 32.0 Å². The van der Waals surface area contributed by atoms with Crippen LogP contribution < -0.4 is 14.8 Å². The van der Waals surface area contributed by atoms with Crippen molar-refractivity contribution in [2.45, 2.75) is 25.2 Å². The van der Waals surface area contributed by atoms with Crippen LogP contribution in [0.25, 0.3) is 10.9 Å². The SMILES string of the molecule is CCN(CC)S(=O)(=O)c1ccc2c(c1)cc(C(=O)NCCc1ccc(OC)c(OC)c1)n2C. The van der Waals surface area contributed by atoms with Crippen LogP contribution in [0.3, 0.4) is 0 Å². The maximum absolute atomic E-state index is 12.8. The van der Waals surface area contributed by atoms with Crippen LogP contribution in [0.4, 0.5) is 0 Å². The van der Waals surface area contributed by atoms with E-state index in [0.29, 0.717) is 48.6 Å². The molecule has 1 aromatic heterocycles. The number of aryl methyl sites for hydroxylation is 1. The van der Waals surface area contributed by atoms with Crippen molar-refractivity contribution >= 4 is 26.8 Å². The lowest BCUT2D eigenvalue weighted by molar-refractivity contribution is 0.0946. The van der Waals surface area contributed by atoms with Gasteiger partial charge < -0.3 is 19.4 Å². The third kappa shape index (κ3) is 4.99. The number of fused-ring (bicyclic) bond motifs is 1. The number of methoxy groups -OCH3 is 2. The van der Waals surface area contributed by atoms with Gasteiger partial charge >= 0.3 is 0 Å². The zero-order valence-corrected chi connectivity index (χ0v) is 20.5. The van der Waals surface area contributed by atoms with Gasteiger partial charge in [0.15, 0.2) is 11.5 Å². The standard InChI is InChI=1S/C24H31N3O5S/c1-6-27(7-2)33(29,30)19-9-10-20-18(15-19)16-21(26(20)3)24(28)25-13-12-17-8-11-22(31-4)23(14-17)32-5/h8-11,14-16H,6-7,12-13H2,1-5H3,(H,25,28). The Kier molecular flexibility index (Phi) is 7.65. The summed E-state index contributed by atoms with van der Waals surface area (Å²) in [5, 5.41) is 3.64. The third-order valence-corrected chi connectivity index (χ3v) is 7.78. The molecule has 0 bridgehead atoms. The van der Waals surface area contributed by atoms with Gasteiger partial charge in [0.2, 0.25) is 10.0 Å². The summed E-state index contributed by atoms with van der Waals surface area (Å²) in [5.74, 6) is 1.08. The van der Waals surface area contributed by atoms with Crippen LogP contribution in [0.2, 0.25) is 0 Å². The highest BCUT2D eigenvalue weighted by Crippen LogP contribution is 2.28. The molecule has 3 rings (SSSR count). The van der Waals surface area contributed by atoms with E-state index >= 15 is 0 Å². The van der Waals surface area contributed by atoms with E-state index in [4.69, 9.17) is 9.47 Å². The first kappa shape index (κ1) is 24.6. The van der Waals surface area contributed by atoms with Crippen molar-refractivity contribution < 1.29 is 22.7 Å². The molecule has 0 radical (unpaired) electrons. The van der Waals surface area contributed by atoms with E-state index in [9.17, 15) is 13.2 Å². The summed E-state index contributed by atoms with van der Waals surface area (Å²) in [6.07, 6.45) is 0.627. The number of nitrogens with zero attached hydrogens (tertiary/aromatic N) is 2. The zero-order chi connectivity index (χ0) is 24.2. The quantitative estimate of drug-likeness (QED) is 0.488. The molecule has 0 spiro atoms. The second-order valence-corrected chi connectivity index (χ2v) is 9.53. The fourth-order valence-electron chi connectivity index (χ4n) is 3.87. The highest BCUT2D eigenvalue weighted by atomic mass is 32.2. The molecule has 0 fully saturated rings. The Labute approximate surface area is 195 Å². The van der Waals surface area contributed by atoms with E-state index in [0.717, 1.165) is 11.1 Å². The minimum atomic E-state index is -3.57. The van der Waals surface area contributed by atoms with E-state index < -0.39 is 10.0 Å². The van der Waals surface area contributed by atoms with Crippen molar-refractivity contribution in [3.05, 3.63) is 53.7 Å². The predicted octanol–water partition coefficient (Wildman–Crippen LogP) is 3.20. The van der Waals surface area contributed by atoms with Crippen LogP contribution in [0.15, 0.2) is 47.4 Å². The summed E-state index contributed by atoms with van der Waals surface area (Å²) in [6, 6.07) is 12.3. The molecule has 0 saturated heterocycles. The highest BCUT2D eigenvalue weighted by molar-refractivity contribution is 7.89. The number of hydrogen-bond donors (Lipinski definition) is 1. The monoisotopic (exact) mass is 473 g/mol. The van der Waals surface area contributed by atoms with Gasteiger partial charge in [0.25, 0.3) is 5.91 Å². The zero-order valence-electron chi connectivity index (χ0n) is 19.7. The average molecular weight is 474 g/mol. The van der Waals surface area contributed by atoms with Gasteiger partial charge in [-0.1, -0.05) is 19.9 Å². The van der Waals surface area contributed by atoms with Crippen LogP contribution in [0.5, 0.6) is 11.5 Å². The molecule has 1 heterocycles. The number of ether oxygens (including phenoxy) is 2. The number of sulfonamides is 1. The Morgan fingerprint density at radius 2 is 1.70 bits per heavy atom. The average Bonchev–Trinajstić information content (AvgIpc) is 3.15. The van der Waals surface area contributed by atoms with Crippen molar-refractivity contribution in [2.75, 3.05) is 33.9 Å². The van der Waals surface area contributed by atoms with E-state index in [1.54, 1.807) is 50.1 Å². The van der Waals surface area contributed by atoms with Gasteiger partial charge in [-0.15, -0.1) is 0 Å². The van der Waals surface area contributed by atoms with E-state index in [2.05, 4.69) is 5.32 Å². The van der Waals surface area contributed by atoms with Gasteiger partial charge in [0.1, 0.15) is 5.69 Å². The summed E-state index contributed by atoms with van der Waals surface area (Å²) in [4.78, 5) is 13.1. The first-order chi connectivity index (χ1) is 15.8. The fraction of sp³-hybridized carbons (Fsp3) is 0.375. The Hall–Kier alpha value is -3.04. The molecule has 9 heteroatoms. The third-order valence-electron chi connectivity index (χ3n) is 5.74. The first-order valence-electron chi connectivity index (χ1n) is 10.9. The van der Waals surface area contributed by atoms with E-state index in [-0.39, 0.29) is 10.8 Å². The molecule has 3 aromatic rings. The Bertz CT molecular complexity index is 1250. The van der Waals surface area contributed by atoms with Crippen LogP contribution in [0.1, 0.15) is 29.9 Å². The molecular weight excluding hydrogens is 442 g/mol. The summed E-state index contributed by atoms with van der Waals surface area (Å²) in [6.45, 7) is 4.87. The predicted molar refractivity (Wildman–Crippen MR) is 129 cm³/mol. The Balaban J connectivity index is 1.76. The first-order valence-corrected chi connectivity index (χ1v) is 12.3. The van der Waals surface area contributed by atoms with Crippen LogP contribution in [-0.4, -0.2) is 57.1 Å². The normalized spacial score (nSPS) is 11.7. The fourth-order valence-corrected chi connectivity index (χ4v) is 5.36. The van der Waals surface area contributed by atoms with Crippen molar-refractivity contribution in [1.29, 1.82) is 0 Å². The summed E-state index contributed by atoms with van der Waals surface area (Å²) < 4.78 is 39.5. The molecule has 0 saturated carbocycles. The second kappa shape index (κ2) is 10.3. The van der Waals surface area contributed by atoms with Crippen molar-refractivity contribution in [3.8, 4) is 11.5 Å². The maximum Gasteiger partial charge on any atom is 0.267 e. The van der Waals surface area contributed by atoms with Gasteiger partial charge in [0.05, 0.1) is 19.1 Å². The lowest BCUT2D eigenvalue weighted by Crippen LogP contribution is -2.30. The second-order valence-electron chi connectivity index (χ2n) is 7.59. The molecule has 1 N–H and O–H groups in total. The molecule has 178 valence electrons. The highest BCUT2D eigenvalue weighted by Gasteiger charge is 2.23. The molecule has 8 nitrogen and oxygen atoms in total. The largest absolute Gasteiger partial charge is 0.493 e. The minimum absolute atomic E-state index is 0.220. The molecule has 2 aromatic carbocycles. The number of nitrogens with one attached hydrogen (secondary N) is 1. The van der Waals surface area contributed by atoms with Crippen molar-refractivity contribution in [1.82, 2.24) is 14.2 Å². The minimum Gasteiger partial charge on any atom is -0.493 e. The molecule has 1 amide bonds.